The zero-order valence-corrected chi connectivity index (χ0v) is 19.0. The molecule has 0 amide bonds. The summed E-state index contributed by atoms with van der Waals surface area (Å²) in [5.74, 6) is 0. The van der Waals surface area contributed by atoms with E-state index in [9.17, 15) is 8.42 Å². The van der Waals surface area contributed by atoms with Gasteiger partial charge in [0.2, 0.25) is 0 Å². The van der Waals surface area contributed by atoms with E-state index < -0.39 is 10.0 Å². The fourth-order valence-corrected chi connectivity index (χ4v) is 4.34. The third-order valence-electron chi connectivity index (χ3n) is 3.98. The van der Waals surface area contributed by atoms with E-state index in [0.717, 1.165) is 24.1 Å². The maximum atomic E-state index is 12.9. The number of benzene rings is 2. The van der Waals surface area contributed by atoms with Gasteiger partial charge in [0, 0.05) is 7.05 Å². The zero-order chi connectivity index (χ0) is 15.7. The summed E-state index contributed by atoms with van der Waals surface area (Å²) in [6.07, 6.45) is 0.740. The Morgan fingerprint density at radius 2 is 1.67 bits per heavy atom. The van der Waals surface area contributed by atoms with Crippen LogP contribution in [0.15, 0.2) is 53.4 Å². The van der Waals surface area contributed by atoms with Crippen molar-refractivity contribution in [2.45, 2.75) is 17.4 Å². The first-order valence-electron chi connectivity index (χ1n) is 7.27. The first-order valence-corrected chi connectivity index (χ1v) is 8.71. The van der Waals surface area contributed by atoms with Crippen LogP contribution in [0.3, 0.4) is 0 Å². The van der Waals surface area contributed by atoms with Crippen molar-refractivity contribution in [1.82, 2.24) is 5.32 Å². The Morgan fingerprint density at radius 1 is 1.08 bits per heavy atom. The third kappa shape index (κ3) is 3.57. The van der Waals surface area contributed by atoms with Gasteiger partial charge in [-0.15, -0.1) is 0 Å². The quantitative estimate of drug-likeness (QED) is 0.580. The van der Waals surface area contributed by atoms with Crippen molar-refractivity contribution in [3.63, 3.8) is 0 Å². The standard InChI is InChI=1S/C17H19N2O2S.CH3.U/c1-3-12-18-17-13-8-4-6-10-15(13)19(2)22(20,21)16-11-7-5-9-14(16)17;;/h4-11,17-18H,1,3,12H2,2H3;1H3;/q2*-1;+2. The van der Waals surface area contributed by atoms with E-state index in [0.29, 0.717) is 10.6 Å². The van der Waals surface area contributed by atoms with Crippen molar-refractivity contribution in [3.05, 3.63) is 74.0 Å². The normalized spacial score (nSPS) is 17.6. The van der Waals surface area contributed by atoms with Crippen molar-refractivity contribution in [2.24, 2.45) is 0 Å². The van der Waals surface area contributed by atoms with Gasteiger partial charge in [-0.3, -0.25) is 4.31 Å². The minimum absolute atomic E-state index is 0. The fraction of sp³-hybridized carbons (Fsp3) is 0.222. The van der Waals surface area contributed by atoms with E-state index in [1.54, 1.807) is 19.2 Å². The number of anilines is 1. The van der Waals surface area contributed by atoms with Crippen molar-refractivity contribution >= 4 is 15.7 Å². The number of hydrogen-bond donors (Lipinski definition) is 1. The van der Waals surface area contributed by atoms with Gasteiger partial charge in [-0.05, 0) is 29.8 Å². The molecule has 0 radical (unpaired) electrons. The molecule has 1 atom stereocenters. The van der Waals surface area contributed by atoms with Crippen LogP contribution in [0.5, 0.6) is 0 Å². The maximum absolute atomic E-state index is 12.9. The summed E-state index contributed by atoms with van der Waals surface area (Å²) in [6.45, 7) is 4.58. The predicted molar refractivity (Wildman–Crippen MR) is 94.7 cm³/mol. The minimum Gasteiger partial charge on any atom is -0.358 e. The van der Waals surface area contributed by atoms with Crippen molar-refractivity contribution in [3.8, 4) is 0 Å². The Bertz CT molecular complexity index is 793. The van der Waals surface area contributed by atoms with Crippen LogP contribution >= 0.6 is 0 Å². The van der Waals surface area contributed by atoms with E-state index in [1.165, 1.54) is 4.31 Å². The van der Waals surface area contributed by atoms with Crippen LogP contribution in [0, 0.1) is 45.5 Å². The van der Waals surface area contributed by atoms with Crippen LogP contribution in [0.25, 0.3) is 0 Å². The van der Waals surface area contributed by atoms with Gasteiger partial charge in [0.05, 0.1) is 16.6 Å². The molecule has 0 saturated carbocycles. The van der Waals surface area contributed by atoms with E-state index in [1.807, 2.05) is 36.4 Å². The molecule has 24 heavy (non-hydrogen) atoms. The summed E-state index contributed by atoms with van der Waals surface area (Å²) in [6, 6.07) is 14.6. The number of rotatable bonds is 3. The van der Waals surface area contributed by atoms with Gasteiger partial charge in [-0.2, -0.15) is 6.42 Å². The van der Waals surface area contributed by atoms with E-state index in [2.05, 4.69) is 12.2 Å². The Kier molecular flexibility index (Phi) is 7.55. The van der Waals surface area contributed by atoms with Crippen LogP contribution in [-0.4, -0.2) is 22.0 Å². The molecule has 2 aromatic carbocycles. The average Bonchev–Trinajstić information content (AvgIpc) is 2.61. The van der Waals surface area contributed by atoms with Crippen LogP contribution in [-0.2, 0) is 10.0 Å². The summed E-state index contributed by atoms with van der Waals surface area (Å²) in [5.41, 5.74) is 2.46. The number of nitrogens with one attached hydrogen (secondary N) is 1. The molecule has 0 spiro atoms. The van der Waals surface area contributed by atoms with Gasteiger partial charge in [0.1, 0.15) is 0 Å². The van der Waals surface area contributed by atoms with Crippen LogP contribution < -0.4 is 9.62 Å². The second kappa shape index (κ2) is 8.53. The first kappa shape index (κ1) is 21.2. The molecule has 1 aliphatic rings. The molecular weight excluding hydrogens is 546 g/mol. The molecule has 3 rings (SSSR count). The largest absolute Gasteiger partial charge is 2.00 e. The summed E-state index contributed by atoms with van der Waals surface area (Å²) >= 11 is 0. The van der Waals surface area contributed by atoms with Gasteiger partial charge >= 0.3 is 31.1 Å². The van der Waals surface area contributed by atoms with Crippen LogP contribution in [0.4, 0.5) is 5.69 Å². The molecule has 126 valence electrons. The molecule has 4 nitrogen and oxygen atoms in total. The van der Waals surface area contributed by atoms with Crippen LogP contribution in [0.2, 0.25) is 0 Å². The number of nitrogens with zero attached hydrogens (tertiary/aromatic N) is 1. The molecular formula is C18H22N2O2SU. The average molecular weight is 568 g/mol. The van der Waals surface area contributed by atoms with Crippen molar-refractivity contribution in [1.29, 1.82) is 0 Å². The number of sulfonamides is 1. The zero-order valence-electron chi connectivity index (χ0n) is 14.0. The molecule has 1 aliphatic heterocycles. The molecule has 1 N–H and O–H groups in total. The van der Waals surface area contributed by atoms with Gasteiger partial charge in [-0.1, -0.05) is 36.4 Å². The summed E-state index contributed by atoms with van der Waals surface area (Å²) in [7, 11) is -1.95. The Labute approximate surface area is 169 Å². The molecule has 2 aromatic rings. The summed E-state index contributed by atoms with van der Waals surface area (Å²) in [4.78, 5) is 0.357. The monoisotopic (exact) mass is 568 g/mol. The van der Waals surface area contributed by atoms with Gasteiger partial charge in [0.25, 0.3) is 10.0 Å². The summed E-state index contributed by atoms with van der Waals surface area (Å²) in [5, 5.41) is 3.43. The first-order chi connectivity index (χ1) is 10.6. The predicted octanol–water partition coefficient (Wildman–Crippen LogP) is 3.18. The van der Waals surface area contributed by atoms with E-state index in [-0.39, 0.29) is 44.6 Å². The third-order valence-corrected chi connectivity index (χ3v) is 5.83. The minimum atomic E-state index is -3.55. The Morgan fingerprint density at radius 3 is 2.33 bits per heavy atom. The Hall–Kier alpha value is -0.798. The second-order valence-corrected chi connectivity index (χ2v) is 7.25. The van der Waals surface area contributed by atoms with Crippen molar-refractivity contribution in [2.75, 3.05) is 17.9 Å². The smallest absolute Gasteiger partial charge is 0.358 e. The van der Waals surface area contributed by atoms with Gasteiger partial charge < -0.3 is 19.7 Å². The van der Waals surface area contributed by atoms with Gasteiger partial charge in [0.15, 0.2) is 0 Å². The molecule has 0 bridgehead atoms. The topological polar surface area (TPSA) is 49.4 Å². The summed E-state index contributed by atoms with van der Waals surface area (Å²) < 4.78 is 27.2. The van der Waals surface area contributed by atoms with Gasteiger partial charge in [-0.25, -0.2) is 8.42 Å². The molecule has 0 saturated heterocycles. The molecule has 0 aromatic heterocycles. The number of fused-ring (bicyclic) bond motifs is 2. The molecule has 0 fully saturated rings. The van der Waals surface area contributed by atoms with E-state index >= 15 is 0 Å². The fourth-order valence-electron chi connectivity index (χ4n) is 2.88. The van der Waals surface area contributed by atoms with Crippen molar-refractivity contribution < 1.29 is 39.5 Å². The number of para-hydroxylation sites is 1. The number of hydrogen-bond acceptors (Lipinski definition) is 3. The van der Waals surface area contributed by atoms with E-state index in [4.69, 9.17) is 0 Å². The molecule has 1 heterocycles. The van der Waals surface area contributed by atoms with Crippen LogP contribution in [0.1, 0.15) is 23.6 Å². The molecule has 6 heteroatoms. The maximum Gasteiger partial charge on any atom is 2.00 e. The SMILES string of the molecule is [CH2-]CCNC1c2ccccc2N(C)S(=O)(=O)c2ccccc21.[CH3-].[U+2]. The second-order valence-electron chi connectivity index (χ2n) is 5.31. The molecule has 0 aliphatic carbocycles. The Balaban J connectivity index is 0.00000144. The molecule has 1 unspecified atom stereocenters.